The normalized spacial score (nSPS) is 33.3. The molecule has 1 saturated carbocycles. The first kappa shape index (κ1) is 17.4. The van der Waals surface area contributed by atoms with E-state index < -0.39 is 12.3 Å². The summed E-state index contributed by atoms with van der Waals surface area (Å²) in [7, 11) is 0. The van der Waals surface area contributed by atoms with Crippen molar-refractivity contribution in [2.45, 2.75) is 63.1 Å². The van der Waals surface area contributed by atoms with Crippen molar-refractivity contribution in [1.82, 2.24) is 15.2 Å². The molecular formula is C19H24FN3O3. The molecule has 140 valence electrons. The lowest BCUT2D eigenvalue weighted by atomic mass is 9.82. The van der Waals surface area contributed by atoms with Crippen LogP contribution in [-0.2, 0) is 20.9 Å². The van der Waals surface area contributed by atoms with Crippen molar-refractivity contribution in [3.05, 3.63) is 30.1 Å². The van der Waals surface area contributed by atoms with Gasteiger partial charge in [0.05, 0.1) is 24.4 Å². The van der Waals surface area contributed by atoms with Crippen LogP contribution >= 0.6 is 0 Å². The molecule has 6 nitrogen and oxygen atoms in total. The highest BCUT2D eigenvalue weighted by molar-refractivity contribution is 5.82. The van der Waals surface area contributed by atoms with Gasteiger partial charge < -0.3 is 15.0 Å². The molecular weight excluding hydrogens is 337 g/mol. The van der Waals surface area contributed by atoms with Gasteiger partial charge in [-0.3, -0.25) is 14.6 Å². The molecule has 0 unspecified atom stereocenters. The summed E-state index contributed by atoms with van der Waals surface area (Å²) < 4.78 is 19.0. The SMILES string of the molecule is O=C(NCc1ccccn1)[C@@H]1CC[C@@H]2[C@@H](CCN2C(=O)C2CC(F)C2)O1. The highest BCUT2D eigenvalue weighted by atomic mass is 19.1. The average molecular weight is 361 g/mol. The molecule has 1 aliphatic carbocycles. The fourth-order valence-corrected chi connectivity index (χ4v) is 4.17. The molecule has 1 aromatic rings. The van der Waals surface area contributed by atoms with Crippen molar-refractivity contribution in [2.75, 3.05) is 6.54 Å². The van der Waals surface area contributed by atoms with Gasteiger partial charge in [-0.1, -0.05) is 6.07 Å². The van der Waals surface area contributed by atoms with E-state index in [1.807, 2.05) is 23.1 Å². The number of alkyl halides is 1. The summed E-state index contributed by atoms with van der Waals surface area (Å²) in [6.07, 6.45) is 3.09. The second-order valence-electron chi connectivity index (χ2n) is 7.43. The zero-order valence-corrected chi connectivity index (χ0v) is 14.6. The van der Waals surface area contributed by atoms with Gasteiger partial charge >= 0.3 is 0 Å². The lowest BCUT2D eigenvalue weighted by molar-refractivity contribution is -0.151. The summed E-state index contributed by atoms with van der Waals surface area (Å²) >= 11 is 0. The second-order valence-corrected chi connectivity index (χ2v) is 7.43. The number of hydrogen-bond acceptors (Lipinski definition) is 4. The van der Waals surface area contributed by atoms with Gasteiger partial charge in [-0.25, -0.2) is 4.39 Å². The lowest BCUT2D eigenvalue weighted by Crippen LogP contribution is -2.51. The molecule has 3 atom stereocenters. The highest BCUT2D eigenvalue weighted by Gasteiger charge is 2.46. The number of carbonyl (C=O) groups excluding carboxylic acids is 2. The van der Waals surface area contributed by atoms with E-state index in [-0.39, 0.29) is 29.9 Å². The van der Waals surface area contributed by atoms with E-state index in [2.05, 4.69) is 10.3 Å². The van der Waals surface area contributed by atoms with E-state index in [9.17, 15) is 14.0 Å². The molecule has 4 rings (SSSR count). The summed E-state index contributed by atoms with van der Waals surface area (Å²) in [5.74, 6) is -0.227. The number of fused-ring (bicyclic) bond motifs is 1. The Labute approximate surface area is 152 Å². The van der Waals surface area contributed by atoms with Gasteiger partial charge in [0.2, 0.25) is 11.8 Å². The van der Waals surface area contributed by atoms with Crippen LogP contribution in [0.3, 0.4) is 0 Å². The third kappa shape index (κ3) is 3.45. The van der Waals surface area contributed by atoms with E-state index in [0.717, 1.165) is 18.5 Å². The molecule has 3 heterocycles. The quantitative estimate of drug-likeness (QED) is 0.884. The van der Waals surface area contributed by atoms with Crippen LogP contribution in [0.5, 0.6) is 0 Å². The molecule has 3 aliphatic rings. The first-order valence-corrected chi connectivity index (χ1v) is 9.39. The number of hydrogen-bond donors (Lipinski definition) is 1. The number of amides is 2. The standard InChI is InChI=1S/C19H24FN3O3/c20-13-9-12(10-13)19(25)23-8-6-16-15(23)4-5-17(26-16)18(24)22-11-14-3-1-2-7-21-14/h1-3,7,12-13,15-17H,4-6,8-11H2,(H,22,24)/t12?,13?,15-,16-,17+/m1/s1. The summed E-state index contributed by atoms with van der Waals surface area (Å²) in [5.41, 5.74) is 0.804. The number of ether oxygens (including phenoxy) is 1. The summed E-state index contributed by atoms with van der Waals surface area (Å²) in [6, 6.07) is 5.61. The van der Waals surface area contributed by atoms with E-state index in [1.165, 1.54) is 0 Å². The van der Waals surface area contributed by atoms with Crippen molar-refractivity contribution in [3.8, 4) is 0 Å². The van der Waals surface area contributed by atoms with E-state index in [4.69, 9.17) is 4.74 Å². The van der Waals surface area contributed by atoms with Gasteiger partial charge in [-0.2, -0.15) is 0 Å². The van der Waals surface area contributed by atoms with Gasteiger partial charge in [0.15, 0.2) is 0 Å². The van der Waals surface area contributed by atoms with Gasteiger partial charge in [-0.15, -0.1) is 0 Å². The maximum absolute atomic E-state index is 13.0. The molecule has 2 saturated heterocycles. The summed E-state index contributed by atoms with van der Waals surface area (Å²) in [6.45, 7) is 1.02. The second kappa shape index (κ2) is 7.31. The zero-order chi connectivity index (χ0) is 18.1. The minimum Gasteiger partial charge on any atom is -0.363 e. The Kier molecular flexibility index (Phi) is 4.89. The molecule has 0 aromatic carbocycles. The summed E-state index contributed by atoms with van der Waals surface area (Å²) in [5, 5.41) is 2.88. The monoisotopic (exact) mass is 361 g/mol. The average Bonchev–Trinajstić information content (AvgIpc) is 3.07. The fraction of sp³-hybridized carbons (Fsp3) is 0.632. The minimum atomic E-state index is -0.822. The number of nitrogens with one attached hydrogen (secondary N) is 1. The molecule has 0 bridgehead atoms. The van der Waals surface area contributed by atoms with Crippen molar-refractivity contribution in [3.63, 3.8) is 0 Å². The van der Waals surface area contributed by atoms with Crippen LogP contribution in [-0.4, -0.2) is 52.7 Å². The van der Waals surface area contributed by atoms with Gasteiger partial charge in [0, 0.05) is 18.7 Å². The Morgan fingerprint density at radius 3 is 2.85 bits per heavy atom. The van der Waals surface area contributed by atoms with E-state index >= 15 is 0 Å². The van der Waals surface area contributed by atoms with Crippen LogP contribution in [0.15, 0.2) is 24.4 Å². The van der Waals surface area contributed by atoms with E-state index in [0.29, 0.717) is 32.4 Å². The molecule has 1 aromatic heterocycles. The van der Waals surface area contributed by atoms with Crippen LogP contribution in [0.1, 0.15) is 37.8 Å². The predicted molar refractivity (Wildman–Crippen MR) is 91.7 cm³/mol. The molecule has 3 fully saturated rings. The van der Waals surface area contributed by atoms with Crippen LogP contribution in [0, 0.1) is 5.92 Å². The maximum atomic E-state index is 13.0. The number of aromatic nitrogens is 1. The third-order valence-electron chi connectivity index (χ3n) is 5.72. The molecule has 2 aliphatic heterocycles. The van der Waals surface area contributed by atoms with Crippen molar-refractivity contribution >= 4 is 11.8 Å². The van der Waals surface area contributed by atoms with Gasteiger partial charge in [0.1, 0.15) is 12.3 Å². The Morgan fingerprint density at radius 2 is 2.12 bits per heavy atom. The fourth-order valence-electron chi connectivity index (χ4n) is 4.17. The lowest BCUT2D eigenvalue weighted by Gasteiger charge is -2.38. The molecule has 2 amide bonds. The maximum Gasteiger partial charge on any atom is 0.249 e. The van der Waals surface area contributed by atoms with Crippen LogP contribution < -0.4 is 5.32 Å². The van der Waals surface area contributed by atoms with E-state index in [1.54, 1.807) is 6.20 Å². The van der Waals surface area contributed by atoms with Gasteiger partial charge in [0.25, 0.3) is 0 Å². The molecule has 7 heteroatoms. The largest absolute Gasteiger partial charge is 0.363 e. The molecule has 0 spiro atoms. The number of nitrogens with zero attached hydrogens (tertiary/aromatic N) is 2. The van der Waals surface area contributed by atoms with Crippen molar-refractivity contribution < 1.29 is 18.7 Å². The van der Waals surface area contributed by atoms with Gasteiger partial charge in [-0.05, 0) is 44.2 Å². The number of pyridine rings is 1. The Morgan fingerprint density at radius 1 is 1.27 bits per heavy atom. The third-order valence-corrected chi connectivity index (χ3v) is 5.72. The molecule has 0 radical (unpaired) electrons. The number of halogens is 1. The number of carbonyl (C=O) groups is 2. The van der Waals surface area contributed by atoms with Crippen molar-refractivity contribution in [1.29, 1.82) is 0 Å². The van der Waals surface area contributed by atoms with Crippen LogP contribution in [0.2, 0.25) is 0 Å². The Bertz CT molecular complexity index is 665. The first-order chi connectivity index (χ1) is 12.6. The molecule has 1 N–H and O–H groups in total. The summed E-state index contributed by atoms with van der Waals surface area (Å²) in [4.78, 5) is 31.0. The highest BCUT2D eigenvalue weighted by Crippen LogP contribution is 2.37. The van der Waals surface area contributed by atoms with Crippen LogP contribution in [0.25, 0.3) is 0 Å². The molecule has 26 heavy (non-hydrogen) atoms. The van der Waals surface area contributed by atoms with Crippen molar-refractivity contribution in [2.24, 2.45) is 5.92 Å². The number of rotatable bonds is 4. The van der Waals surface area contributed by atoms with Crippen LogP contribution in [0.4, 0.5) is 4.39 Å². The first-order valence-electron chi connectivity index (χ1n) is 9.39. The smallest absolute Gasteiger partial charge is 0.249 e. The predicted octanol–water partition coefficient (Wildman–Crippen LogP) is 1.59. The minimum absolute atomic E-state index is 0.0287. The number of likely N-dealkylation sites (tertiary alicyclic amines) is 1. The zero-order valence-electron chi connectivity index (χ0n) is 14.6. The topological polar surface area (TPSA) is 71.5 Å². The Hall–Kier alpha value is -2.02. The Balaban J connectivity index is 1.28.